The van der Waals surface area contributed by atoms with Gasteiger partial charge in [-0.2, -0.15) is 0 Å². The molecule has 0 fully saturated rings. The predicted molar refractivity (Wildman–Crippen MR) is 43.7 cm³/mol. The number of likely N-dealkylation sites (N-methyl/N-ethyl adjacent to an activating group) is 1. The molecule has 0 amide bonds. The van der Waals surface area contributed by atoms with Crippen molar-refractivity contribution in [3.05, 3.63) is 0 Å². The molecule has 0 aromatic carbocycles. The zero-order valence-corrected chi connectivity index (χ0v) is 8.14. The number of hydrogen-bond donors (Lipinski definition) is 1. The van der Waals surface area contributed by atoms with Crippen LogP contribution in [0.3, 0.4) is 0 Å². The van der Waals surface area contributed by atoms with E-state index in [1.807, 2.05) is 19.0 Å². The molecule has 64 valence electrons. The molecule has 2 nitrogen and oxygen atoms in total. The van der Waals surface area contributed by atoms with E-state index in [0.717, 1.165) is 6.54 Å². The second-order valence-corrected chi connectivity index (χ2v) is 2.11. The topological polar surface area (TPSA) is 23.5 Å². The van der Waals surface area contributed by atoms with Gasteiger partial charge in [0.05, 0.1) is 6.10 Å². The molecule has 1 atom stereocenters. The molecule has 0 rings (SSSR count). The van der Waals surface area contributed by atoms with Crippen LogP contribution in [0.25, 0.3) is 0 Å². The Hall–Kier alpha value is 0.803. The molecular formula is C7H21NOZr. The minimum Gasteiger partial charge on any atom is -0.392 e. The van der Waals surface area contributed by atoms with Crippen LogP contribution in [0.5, 0.6) is 0 Å². The number of hydrogen-bond acceptors (Lipinski definition) is 2. The summed E-state index contributed by atoms with van der Waals surface area (Å²) in [4.78, 5) is 1.95. The average molecular weight is 226 g/mol. The Bertz CT molecular complexity index is 42.9. The van der Waals surface area contributed by atoms with Crippen molar-refractivity contribution in [1.29, 1.82) is 0 Å². The van der Waals surface area contributed by atoms with Crippen LogP contribution in [0, 0.1) is 0 Å². The first-order valence-corrected chi connectivity index (χ1v) is 2.45. The molecule has 10 heavy (non-hydrogen) atoms. The maximum absolute atomic E-state index is 8.68. The molecule has 0 radical (unpaired) electrons. The summed E-state index contributed by atoms with van der Waals surface area (Å²) in [5.41, 5.74) is 0. The molecule has 1 N–H and O–H groups in total. The van der Waals surface area contributed by atoms with Crippen molar-refractivity contribution >= 4 is 0 Å². The maximum Gasteiger partial charge on any atom is 0.0638 e. The Balaban J connectivity index is -0.0000000600. The van der Waals surface area contributed by atoms with Crippen molar-refractivity contribution in [1.82, 2.24) is 4.90 Å². The standard InChI is InChI=1S/C5H13NO.2CH4.Zr/c1-5(7)4-6(2)3;;;/h5,7H,4H2,1-3H3;2*1H4;. The van der Waals surface area contributed by atoms with Crippen LogP contribution in [0.2, 0.25) is 0 Å². The Kier molecular flexibility index (Phi) is 28.0. The molecule has 0 spiro atoms. The molecule has 0 aliphatic carbocycles. The first kappa shape index (κ1) is 22.4. The van der Waals surface area contributed by atoms with E-state index in [4.69, 9.17) is 5.11 Å². The second kappa shape index (κ2) is 12.5. The van der Waals surface area contributed by atoms with Crippen molar-refractivity contribution in [3.8, 4) is 0 Å². The molecule has 0 heterocycles. The van der Waals surface area contributed by atoms with E-state index in [0.29, 0.717) is 0 Å². The van der Waals surface area contributed by atoms with E-state index in [1.165, 1.54) is 0 Å². The minimum atomic E-state index is -0.199. The summed E-state index contributed by atoms with van der Waals surface area (Å²) in [6.45, 7) is 2.53. The van der Waals surface area contributed by atoms with Crippen LogP contribution >= 0.6 is 0 Å². The number of nitrogens with zero attached hydrogens (tertiary/aromatic N) is 1. The average Bonchev–Trinajstić information content (AvgIpc) is 1.27. The molecule has 0 aromatic rings. The largest absolute Gasteiger partial charge is 0.392 e. The fraction of sp³-hybridized carbons (Fsp3) is 1.00. The fourth-order valence-electron chi connectivity index (χ4n) is 0.528. The predicted octanol–water partition coefficient (Wildman–Crippen LogP) is 1.20. The first-order valence-electron chi connectivity index (χ1n) is 2.45. The van der Waals surface area contributed by atoms with E-state index in [9.17, 15) is 0 Å². The monoisotopic (exact) mass is 225 g/mol. The number of aliphatic hydroxyl groups is 1. The summed E-state index contributed by atoms with van der Waals surface area (Å²) in [5.74, 6) is 0. The van der Waals surface area contributed by atoms with Crippen LogP contribution in [-0.4, -0.2) is 36.8 Å². The molecule has 0 aliphatic rings. The van der Waals surface area contributed by atoms with E-state index in [2.05, 4.69) is 0 Å². The summed E-state index contributed by atoms with van der Waals surface area (Å²) in [6.07, 6.45) is -0.199. The molecule has 0 aromatic heterocycles. The normalized spacial score (nSPS) is 10.5. The third kappa shape index (κ3) is 23.2. The van der Waals surface area contributed by atoms with Crippen LogP contribution in [0.4, 0.5) is 0 Å². The first-order chi connectivity index (χ1) is 3.13. The van der Waals surface area contributed by atoms with Gasteiger partial charge in [0.2, 0.25) is 0 Å². The van der Waals surface area contributed by atoms with Crippen molar-refractivity contribution in [2.24, 2.45) is 0 Å². The van der Waals surface area contributed by atoms with Gasteiger partial charge in [0.15, 0.2) is 0 Å². The van der Waals surface area contributed by atoms with Gasteiger partial charge in [0, 0.05) is 32.7 Å². The van der Waals surface area contributed by atoms with Gasteiger partial charge in [-0.15, -0.1) is 0 Å². The van der Waals surface area contributed by atoms with E-state index in [-0.39, 0.29) is 47.2 Å². The van der Waals surface area contributed by atoms with Crippen molar-refractivity contribution < 1.29 is 31.3 Å². The maximum atomic E-state index is 8.68. The third-order valence-electron chi connectivity index (χ3n) is 0.629. The van der Waals surface area contributed by atoms with Gasteiger partial charge in [-0.25, -0.2) is 0 Å². The fourth-order valence-corrected chi connectivity index (χ4v) is 0.528. The Labute approximate surface area is 84.7 Å². The number of aliphatic hydroxyl groups excluding tert-OH is 1. The van der Waals surface area contributed by atoms with Gasteiger partial charge >= 0.3 is 0 Å². The quantitative estimate of drug-likeness (QED) is 0.765. The third-order valence-corrected chi connectivity index (χ3v) is 0.629. The van der Waals surface area contributed by atoms with E-state index in [1.54, 1.807) is 6.92 Å². The molecule has 0 bridgehead atoms. The van der Waals surface area contributed by atoms with Gasteiger partial charge in [-0.3, -0.25) is 0 Å². The van der Waals surface area contributed by atoms with Crippen molar-refractivity contribution in [2.45, 2.75) is 27.9 Å². The Morgan fingerprint density at radius 3 is 1.60 bits per heavy atom. The van der Waals surface area contributed by atoms with E-state index < -0.39 is 0 Å². The van der Waals surface area contributed by atoms with Crippen LogP contribution in [0.15, 0.2) is 0 Å². The van der Waals surface area contributed by atoms with Crippen molar-refractivity contribution in [3.63, 3.8) is 0 Å². The molecule has 0 saturated heterocycles. The Morgan fingerprint density at radius 1 is 1.30 bits per heavy atom. The van der Waals surface area contributed by atoms with Gasteiger partial charge in [0.1, 0.15) is 0 Å². The number of rotatable bonds is 2. The molecule has 0 saturated carbocycles. The van der Waals surface area contributed by atoms with E-state index >= 15 is 0 Å². The SMILES string of the molecule is C.C.CC(O)CN(C)C.[Zr]. The minimum absolute atomic E-state index is 0. The zero-order valence-electron chi connectivity index (χ0n) is 5.68. The Morgan fingerprint density at radius 2 is 1.60 bits per heavy atom. The molecular weight excluding hydrogens is 205 g/mol. The zero-order chi connectivity index (χ0) is 5.86. The summed E-state index contributed by atoms with van der Waals surface area (Å²) < 4.78 is 0. The summed E-state index contributed by atoms with van der Waals surface area (Å²) in [5, 5.41) is 8.68. The van der Waals surface area contributed by atoms with Crippen LogP contribution < -0.4 is 0 Å². The summed E-state index contributed by atoms with van der Waals surface area (Å²) >= 11 is 0. The molecule has 0 aliphatic heterocycles. The van der Waals surface area contributed by atoms with Gasteiger partial charge in [0.25, 0.3) is 0 Å². The van der Waals surface area contributed by atoms with Gasteiger partial charge in [-0.05, 0) is 21.0 Å². The van der Waals surface area contributed by atoms with Crippen molar-refractivity contribution in [2.75, 3.05) is 20.6 Å². The molecule has 1 unspecified atom stereocenters. The van der Waals surface area contributed by atoms with Crippen LogP contribution in [-0.2, 0) is 26.2 Å². The second-order valence-electron chi connectivity index (χ2n) is 2.11. The van der Waals surface area contributed by atoms with Gasteiger partial charge < -0.3 is 10.0 Å². The smallest absolute Gasteiger partial charge is 0.0638 e. The summed E-state index contributed by atoms with van der Waals surface area (Å²) in [6, 6.07) is 0. The summed E-state index contributed by atoms with van der Waals surface area (Å²) in [7, 11) is 3.87. The van der Waals surface area contributed by atoms with Gasteiger partial charge in [-0.1, -0.05) is 14.9 Å². The van der Waals surface area contributed by atoms with Crippen LogP contribution in [0.1, 0.15) is 21.8 Å². The molecule has 3 heteroatoms.